The predicted molar refractivity (Wildman–Crippen MR) is 55.5 cm³/mol. The number of carbonyl (C=O) groups excluding carboxylic acids is 1. The van der Waals surface area contributed by atoms with Crippen LogP contribution < -0.4 is 4.74 Å². The number of rotatable bonds is 3. The van der Waals surface area contributed by atoms with Crippen molar-refractivity contribution in [3.63, 3.8) is 0 Å². The van der Waals surface area contributed by atoms with E-state index < -0.39 is 6.61 Å². The Bertz CT molecular complexity index is 391. The third-order valence-corrected chi connectivity index (χ3v) is 2.67. The van der Waals surface area contributed by atoms with Gasteiger partial charge in [-0.25, -0.2) is 0 Å². The van der Waals surface area contributed by atoms with E-state index in [1.807, 2.05) is 0 Å². The van der Waals surface area contributed by atoms with Gasteiger partial charge in [0.15, 0.2) is 5.78 Å². The second kappa shape index (κ2) is 4.70. The van der Waals surface area contributed by atoms with Crippen molar-refractivity contribution in [2.75, 3.05) is 0 Å². The van der Waals surface area contributed by atoms with Crippen molar-refractivity contribution in [1.29, 1.82) is 0 Å². The maximum Gasteiger partial charge on any atom is 0.387 e. The number of ketones is 1. The molecule has 82 valence electrons. The molecule has 1 aromatic carbocycles. The standard InChI is InChI=1S/C10H9BrF2O2/c1-5-3-4-7(6(2)14)8(11)9(5)15-10(12)13/h3-4,10H,1-2H3. The Labute approximate surface area is 94.4 Å². The topological polar surface area (TPSA) is 26.3 Å². The van der Waals surface area contributed by atoms with Crippen LogP contribution in [0, 0.1) is 6.92 Å². The fourth-order valence-electron chi connectivity index (χ4n) is 1.16. The number of Topliss-reactive ketones (excluding diaryl/α,β-unsaturated/α-hetero) is 1. The van der Waals surface area contributed by atoms with Crippen molar-refractivity contribution in [2.45, 2.75) is 20.5 Å². The second-order valence-electron chi connectivity index (χ2n) is 3.01. The van der Waals surface area contributed by atoms with Gasteiger partial charge >= 0.3 is 6.61 Å². The smallest absolute Gasteiger partial charge is 0.387 e. The molecule has 0 heterocycles. The zero-order valence-electron chi connectivity index (χ0n) is 8.18. The van der Waals surface area contributed by atoms with Crippen LogP contribution in [0.15, 0.2) is 16.6 Å². The molecule has 0 amide bonds. The molecule has 0 N–H and O–H groups in total. The van der Waals surface area contributed by atoms with Gasteiger partial charge in [-0.3, -0.25) is 4.79 Å². The summed E-state index contributed by atoms with van der Waals surface area (Å²) in [4.78, 5) is 11.1. The van der Waals surface area contributed by atoms with E-state index in [1.165, 1.54) is 6.92 Å². The van der Waals surface area contributed by atoms with Gasteiger partial charge < -0.3 is 4.74 Å². The summed E-state index contributed by atoms with van der Waals surface area (Å²) in [5, 5.41) is 0. The lowest BCUT2D eigenvalue weighted by atomic mass is 10.1. The Balaban J connectivity index is 3.24. The molecule has 0 aliphatic rings. The molecule has 0 radical (unpaired) electrons. The molecule has 0 aliphatic carbocycles. The number of ether oxygens (including phenoxy) is 1. The highest BCUT2D eigenvalue weighted by atomic mass is 79.9. The number of hydrogen-bond acceptors (Lipinski definition) is 2. The van der Waals surface area contributed by atoms with Crippen LogP contribution in [0.2, 0.25) is 0 Å². The van der Waals surface area contributed by atoms with Crippen molar-refractivity contribution >= 4 is 21.7 Å². The van der Waals surface area contributed by atoms with Crippen LogP contribution in [-0.4, -0.2) is 12.4 Å². The SMILES string of the molecule is CC(=O)c1ccc(C)c(OC(F)F)c1Br. The molecule has 1 rings (SSSR count). The normalized spacial score (nSPS) is 10.5. The van der Waals surface area contributed by atoms with Crippen LogP contribution >= 0.6 is 15.9 Å². The Kier molecular flexibility index (Phi) is 3.79. The number of alkyl halides is 2. The van der Waals surface area contributed by atoms with Gasteiger partial charge in [-0.1, -0.05) is 6.07 Å². The average Bonchev–Trinajstić information content (AvgIpc) is 2.11. The Hall–Kier alpha value is -0.970. The third kappa shape index (κ3) is 2.75. The number of hydrogen-bond donors (Lipinski definition) is 0. The largest absolute Gasteiger partial charge is 0.433 e. The summed E-state index contributed by atoms with van der Waals surface area (Å²) >= 11 is 3.08. The molecule has 0 spiro atoms. The number of halogens is 3. The van der Waals surface area contributed by atoms with Crippen LogP contribution in [0.1, 0.15) is 22.8 Å². The predicted octanol–water partition coefficient (Wildman–Crippen LogP) is 3.56. The summed E-state index contributed by atoms with van der Waals surface area (Å²) in [7, 11) is 0. The van der Waals surface area contributed by atoms with Gasteiger partial charge in [0.25, 0.3) is 0 Å². The molecule has 5 heteroatoms. The van der Waals surface area contributed by atoms with Gasteiger partial charge in [-0.2, -0.15) is 8.78 Å². The summed E-state index contributed by atoms with van der Waals surface area (Å²) in [6, 6.07) is 3.14. The first kappa shape index (κ1) is 12.1. The highest BCUT2D eigenvalue weighted by molar-refractivity contribution is 9.10. The minimum atomic E-state index is -2.90. The maximum atomic E-state index is 12.1. The molecule has 0 unspecified atom stereocenters. The van der Waals surface area contributed by atoms with Gasteiger partial charge in [-0.15, -0.1) is 0 Å². The van der Waals surface area contributed by atoms with Crippen molar-refractivity contribution in [2.24, 2.45) is 0 Å². The fourth-order valence-corrected chi connectivity index (χ4v) is 1.98. The zero-order chi connectivity index (χ0) is 11.6. The van der Waals surface area contributed by atoms with E-state index in [-0.39, 0.29) is 16.0 Å². The first-order valence-electron chi connectivity index (χ1n) is 4.18. The molecular weight excluding hydrogens is 270 g/mol. The Morgan fingerprint density at radius 3 is 2.53 bits per heavy atom. The first-order valence-corrected chi connectivity index (χ1v) is 4.97. The van der Waals surface area contributed by atoms with E-state index in [9.17, 15) is 13.6 Å². The summed E-state index contributed by atoms with van der Waals surface area (Å²) in [6.45, 7) is 0.0933. The van der Waals surface area contributed by atoms with Crippen molar-refractivity contribution < 1.29 is 18.3 Å². The monoisotopic (exact) mass is 278 g/mol. The van der Waals surface area contributed by atoms with Crippen LogP contribution in [0.3, 0.4) is 0 Å². The minimum Gasteiger partial charge on any atom is -0.433 e. The summed E-state index contributed by atoms with van der Waals surface area (Å²) in [6.07, 6.45) is 0. The summed E-state index contributed by atoms with van der Waals surface area (Å²) in [5.41, 5.74) is 0.878. The van der Waals surface area contributed by atoms with Crippen LogP contribution in [0.4, 0.5) is 8.78 Å². The third-order valence-electron chi connectivity index (χ3n) is 1.88. The fraction of sp³-hybridized carbons (Fsp3) is 0.300. The first-order chi connectivity index (χ1) is 6.93. The quantitative estimate of drug-likeness (QED) is 0.791. The van der Waals surface area contributed by atoms with E-state index in [2.05, 4.69) is 20.7 Å². The molecule has 0 aromatic heterocycles. The van der Waals surface area contributed by atoms with E-state index in [0.717, 1.165) is 0 Å². The van der Waals surface area contributed by atoms with E-state index in [0.29, 0.717) is 11.1 Å². The highest BCUT2D eigenvalue weighted by Gasteiger charge is 2.16. The van der Waals surface area contributed by atoms with Crippen LogP contribution in [0.25, 0.3) is 0 Å². The van der Waals surface area contributed by atoms with Crippen LogP contribution in [0.5, 0.6) is 5.75 Å². The number of aryl methyl sites for hydroxylation is 1. The lowest BCUT2D eigenvalue weighted by Gasteiger charge is -2.12. The molecule has 0 aliphatic heterocycles. The highest BCUT2D eigenvalue weighted by Crippen LogP contribution is 2.33. The van der Waals surface area contributed by atoms with E-state index in [4.69, 9.17) is 0 Å². The van der Waals surface area contributed by atoms with Gasteiger partial charge in [-0.05, 0) is 41.4 Å². The van der Waals surface area contributed by atoms with Crippen LogP contribution in [-0.2, 0) is 0 Å². The number of benzene rings is 1. The molecule has 0 bridgehead atoms. The lowest BCUT2D eigenvalue weighted by molar-refractivity contribution is -0.0508. The Morgan fingerprint density at radius 2 is 2.07 bits per heavy atom. The molecule has 0 atom stereocenters. The Morgan fingerprint density at radius 1 is 1.47 bits per heavy atom. The van der Waals surface area contributed by atoms with Gasteiger partial charge in [0, 0.05) is 5.56 Å². The summed E-state index contributed by atoms with van der Waals surface area (Å²) < 4.78 is 28.8. The molecule has 0 saturated heterocycles. The maximum absolute atomic E-state index is 12.1. The lowest BCUT2D eigenvalue weighted by Crippen LogP contribution is -2.06. The van der Waals surface area contributed by atoms with Gasteiger partial charge in [0.05, 0.1) is 4.47 Å². The van der Waals surface area contributed by atoms with Gasteiger partial charge in [0.2, 0.25) is 0 Å². The van der Waals surface area contributed by atoms with Gasteiger partial charge in [0.1, 0.15) is 5.75 Å². The minimum absolute atomic E-state index is 0.0118. The molecular formula is C10H9BrF2O2. The summed E-state index contributed by atoms with van der Waals surface area (Å²) in [5.74, 6) is -0.196. The second-order valence-corrected chi connectivity index (χ2v) is 3.80. The molecule has 2 nitrogen and oxygen atoms in total. The average molecular weight is 279 g/mol. The number of carbonyl (C=O) groups is 1. The van der Waals surface area contributed by atoms with Crippen molar-refractivity contribution in [3.05, 3.63) is 27.7 Å². The van der Waals surface area contributed by atoms with E-state index in [1.54, 1.807) is 19.1 Å². The van der Waals surface area contributed by atoms with E-state index >= 15 is 0 Å². The molecule has 0 saturated carbocycles. The van der Waals surface area contributed by atoms with Crippen molar-refractivity contribution in [3.8, 4) is 5.75 Å². The molecule has 1 aromatic rings. The molecule has 0 fully saturated rings. The van der Waals surface area contributed by atoms with Crippen molar-refractivity contribution in [1.82, 2.24) is 0 Å². The molecule has 15 heavy (non-hydrogen) atoms. The zero-order valence-corrected chi connectivity index (χ0v) is 9.77.